The molecule has 1 heterocycles. The summed E-state index contributed by atoms with van der Waals surface area (Å²) < 4.78 is 16.2. The van der Waals surface area contributed by atoms with E-state index in [1.165, 1.54) is 18.9 Å². The lowest BCUT2D eigenvalue weighted by molar-refractivity contribution is -0.177. The molecule has 1 N–H and O–H groups in total. The Labute approximate surface area is 163 Å². The van der Waals surface area contributed by atoms with E-state index in [9.17, 15) is 14.7 Å². The van der Waals surface area contributed by atoms with Gasteiger partial charge >= 0.3 is 12.1 Å². The van der Waals surface area contributed by atoms with Gasteiger partial charge in [-0.1, -0.05) is 42.5 Å². The van der Waals surface area contributed by atoms with E-state index in [0.717, 1.165) is 5.56 Å². The number of amides is 1. The van der Waals surface area contributed by atoms with Crippen LogP contribution in [0.1, 0.15) is 23.6 Å². The lowest BCUT2D eigenvalue weighted by Gasteiger charge is -2.48. The average molecular weight is 385 g/mol. The Morgan fingerprint density at radius 2 is 1.86 bits per heavy atom. The van der Waals surface area contributed by atoms with E-state index in [1.54, 1.807) is 18.2 Å². The number of ether oxygens (including phenoxy) is 3. The lowest BCUT2D eigenvalue weighted by Crippen LogP contribution is -2.63. The van der Waals surface area contributed by atoms with Crippen molar-refractivity contribution in [1.82, 2.24) is 4.90 Å². The van der Waals surface area contributed by atoms with E-state index in [0.29, 0.717) is 16.9 Å². The fourth-order valence-corrected chi connectivity index (χ4v) is 3.25. The summed E-state index contributed by atoms with van der Waals surface area (Å²) in [7, 11) is 1.50. The first kappa shape index (κ1) is 19.7. The first-order chi connectivity index (χ1) is 13.5. The maximum absolute atomic E-state index is 12.3. The molecule has 0 saturated carbocycles. The van der Waals surface area contributed by atoms with Crippen molar-refractivity contribution >= 4 is 12.1 Å². The van der Waals surface area contributed by atoms with E-state index in [-0.39, 0.29) is 26.3 Å². The van der Waals surface area contributed by atoms with Crippen molar-refractivity contribution < 1.29 is 28.9 Å². The summed E-state index contributed by atoms with van der Waals surface area (Å²) in [5.74, 6) is 0.0548. The van der Waals surface area contributed by atoms with Crippen LogP contribution in [0.5, 0.6) is 5.75 Å². The Kier molecular flexibility index (Phi) is 5.84. The van der Waals surface area contributed by atoms with Gasteiger partial charge in [0.2, 0.25) is 0 Å². The number of aliphatic hydroxyl groups is 1. The summed E-state index contributed by atoms with van der Waals surface area (Å²) in [5.41, 5.74) is 1.26. The molecule has 0 atom stereocenters. The van der Waals surface area contributed by atoms with Gasteiger partial charge in [0.05, 0.1) is 26.8 Å². The molecule has 2 aromatic rings. The van der Waals surface area contributed by atoms with Crippen LogP contribution in [0, 0.1) is 0 Å². The zero-order chi connectivity index (χ0) is 20.1. The highest BCUT2D eigenvalue weighted by Gasteiger charge is 2.50. The Morgan fingerprint density at radius 1 is 1.14 bits per heavy atom. The second-order valence-electron chi connectivity index (χ2n) is 6.67. The number of esters is 1. The smallest absolute Gasteiger partial charge is 0.410 e. The fraction of sp³-hybridized carbons (Fsp3) is 0.333. The van der Waals surface area contributed by atoms with Gasteiger partial charge in [0.25, 0.3) is 0 Å². The summed E-state index contributed by atoms with van der Waals surface area (Å²) in [6.07, 6.45) is -0.467. The number of carbonyl (C=O) groups excluding carboxylic acids is 2. The van der Waals surface area contributed by atoms with Crippen LogP contribution in [0.4, 0.5) is 4.79 Å². The van der Waals surface area contributed by atoms with E-state index < -0.39 is 17.7 Å². The SMILES string of the molecule is COc1cc(C2(OC(C)=O)CN(C(=O)OCc3ccccc3)C2)ccc1CO. The van der Waals surface area contributed by atoms with Crippen LogP contribution in [-0.4, -0.2) is 42.3 Å². The van der Waals surface area contributed by atoms with Gasteiger partial charge in [-0.05, 0) is 11.6 Å². The third-order valence-electron chi connectivity index (χ3n) is 4.68. The number of benzene rings is 2. The molecule has 0 aromatic heterocycles. The first-order valence-electron chi connectivity index (χ1n) is 8.91. The van der Waals surface area contributed by atoms with Gasteiger partial charge < -0.3 is 19.3 Å². The Hall–Kier alpha value is -3.06. The molecule has 1 saturated heterocycles. The summed E-state index contributed by atoms with van der Waals surface area (Å²) in [6, 6.07) is 14.6. The number of rotatable bonds is 6. The zero-order valence-corrected chi connectivity index (χ0v) is 15.9. The maximum atomic E-state index is 12.3. The third-order valence-corrected chi connectivity index (χ3v) is 4.68. The van der Waals surface area contributed by atoms with Gasteiger partial charge in [-0.15, -0.1) is 0 Å². The molecule has 7 heteroatoms. The van der Waals surface area contributed by atoms with Crippen molar-refractivity contribution in [3.8, 4) is 5.75 Å². The van der Waals surface area contributed by atoms with Crippen molar-refractivity contribution in [2.75, 3.05) is 20.2 Å². The molecule has 28 heavy (non-hydrogen) atoms. The van der Waals surface area contributed by atoms with Crippen molar-refractivity contribution in [2.24, 2.45) is 0 Å². The van der Waals surface area contributed by atoms with Crippen molar-refractivity contribution in [3.63, 3.8) is 0 Å². The zero-order valence-electron chi connectivity index (χ0n) is 15.9. The topological polar surface area (TPSA) is 85.3 Å². The summed E-state index contributed by atoms with van der Waals surface area (Å²) >= 11 is 0. The molecule has 1 fully saturated rings. The lowest BCUT2D eigenvalue weighted by atomic mass is 9.85. The Bertz CT molecular complexity index is 845. The number of carbonyl (C=O) groups is 2. The molecule has 2 aromatic carbocycles. The van der Waals surface area contributed by atoms with Gasteiger partial charge in [-0.2, -0.15) is 0 Å². The normalized spacial score (nSPS) is 14.8. The van der Waals surface area contributed by atoms with Gasteiger partial charge in [0.15, 0.2) is 5.60 Å². The fourth-order valence-electron chi connectivity index (χ4n) is 3.25. The van der Waals surface area contributed by atoms with Gasteiger partial charge in [0, 0.05) is 18.1 Å². The monoisotopic (exact) mass is 385 g/mol. The predicted octanol–water partition coefficient (Wildman–Crippen LogP) is 2.60. The second kappa shape index (κ2) is 8.31. The minimum absolute atomic E-state index is 0.165. The molecule has 3 rings (SSSR count). The third kappa shape index (κ3) is 4.09. The molecule has 0 spiro atoms. The Morgan fingerprint density at radius 3 is 2.46 bits per heavy atom. The number of likely N-dealkylation sites (tertiary alicyclic amines) is 1. The molecule has 7 nitrogen and oxygen atoms in total. The van der Waals surface area contributed by atoms with E-state index >= 15 is 0 Å². The molecule has 0 aliphatic carbocycles. The van der Waals surface area contributed by atoms with E-state index in [1.807, 2.05) is 30.3 Å². The quantitative estimate of drug-likeness (QED) is 0.770. The number of hydrogen-bond donors (Lipinski definition) is 1. The molecule has 0 unspecified atom stereocenters. The van der Waals surface area contributed by atoms with Crippen LogP contribution >= 0.6 is 0 Å². The molecule has 1 aliphatic rings. The number of aliphatic hydroxyl groups excluding tert-OH is 1. The van der Waals surface area contributed by atoms with Crippen molar-refractivity contribution in [1.29, 1.82) is 0 Å². The summed E-state index contributed by atoms with van der Waals surface area (Å²) in [4.78, 5) is 25.5. The van der Waals surface area contributed by atoms with Crippen molar-refractivity contribution in [2.45, 2.75) is 25.7 Å². The van der Waals surface area contributed by atoms with Crippen LogP contribution in [0.15, 0.2) is 48.5 Å². The van der Waals surface area contributed by atoms with Crippen LogP contribution in [0.3, 0.4) is 0 Å². The first-order valence-corrected chi connectivity index (χ1v) is 8.91. The summed E-state index contributed by atoms with van der Waals surface area (Å²) in [5, 5.41) is 9.39. The van der Waals surface area contributed by atoms with Crippen LogP contribution in [0.25, 0.3) is 0 Å². The largest absolute Gasteiger partial charge is 0.496 e. The molecule has 0 radical (unpaired) electrons. The Balaban J connectivity index is 1.71. The highest BCUT2D eigenvalue weighted by molar-refractivity contribution is 5.71. The van der Waals surface area contributed by atoms with Crippen molar-refractivity contribution in [3.05, 3.63) is 65.2 Å². The summed E-state index contributed by atoms with van der Waals surface area (Å²) in [6.45, 7) is 1.71. The second-order valence-corrected chi connectivity index (χ2v) is 6.67. The minimum atomic E-state index is -0.959. The number of nitrogens with zero attached hydrogens (tertiary/aromatic N) is 1. The van der Waals surface area contributed by atoms with Gasteiger partial charge in [0.1, 0.15) is 12.4 Å². The molecular formula is C21H23NO6. The van der Waals surface area contributed by atoms with E-state index in [4.69, 9.17) is 14.2 Å². The average Bonchev–Trinajstić information content (AvgIpc) is 2.68. The number of methoxy groups -OCH3 is 1. The van der Waals surface area contributed by atoms with Crippen LogP contribution < -0.4 is 4.74 Å². The van der Waals surface area contributed by atoms with Gasteiger partial charge in [-0.3, -0.25) is 9.69 Å². The van der Waals surface area contributed by atoms with Crippen LogP contribution in [0.2, 0.25) is 0 Å². The molecule has 0 bridgehead atoms. The van der Waals surface area contributed by atoms with Crippen LogP contribution in [-0.2, 0) is 33.1 Å². The molecular weight excluding hydrogens is 362 g/mol. The minimum Gasteiger partial charge on any atom is -0.496 e. The standard InChI is InChI=1S/C21H23NO6/c1-15(24)28-21(18-9-8-17(11-23)19(10-18)26-2)13-22(14-21)20(25)27-12-16-6-4-3-5-7-16/h3-10,23H,11-14H2,1-2H3. The number of hydrogen-bond acceptors (Lipinski definition) is 6. The molecule has 1 amide bonds. The molecule has 148 valence electrons. The highest BCUT2D eigenvalue weighted by Crippen LogP contribution is 2.38. The van der Waals surface area contributed by atoms with E-state index in [2.05, 4.69) is 0 Å². The van der Waals surface area contributed by atoms with Gasteiger partial charge in [-0.25, -0.2) is 4.79 Å². The maximum Gasteiger partial charge on any atom is 0.410 e. The predicted molar refractivity (Wildman–Crippen MR) is 101 cm³/mol. The molecule has 1 aliphatic heterocycles. The highest BCUT2D eigenvalue weighted by atomic mass is 16.6.